The Kier molecular flexibility index (Phi) is 10.2. The zero-order valence-electron chi connectivity index (χ0n) is 53.1. The molecule has 3 aromatic heterocycles. The molecule has 0 fully saturated rings. The van der Waals surface area contributed by atoms with Crippen LogP contribution in [0, 0.1) is 18.5 Å². The van der Waals surface area contributed by atoms with Crippen molar-refractivity contribution in [3.8, 4) is 73.2 Å². The summed E-state index contributed by atoms with van der Waals surface area (Å²) in [7, 11) is 0. The number of nitrogens with zero attached hydrogens (tertiary/aromatic N) is 4. The first-order valence-corrected chi connectivity index (χ1v) is 25.7. The Morgan fingerprint density at radius 2 is 1.08 bits per heavy atom. The van der Waals surface area contributed by atoms with Crippen LogP contribution in [0.1, 0.15) is 116 Å². The SMILES string of the molecule is [2H]c1c([2H])c([2H])c2c(c1[2H])-c1cc(C(C)(C)C)cc(-c3ccc(C(C)(C)C)cc3)c1-[n+]1[c-]n(-c3[c-]c(Oc4[c-]c5c(cc4)c4ccccc4n5-c4cc(C(C)(C)C)ccn4)ccc3)c3cc(C(C)(C)C)cc(c31)-c1c([2H])c([2H])c([2H])c([2H])c1-2.[Pt]. The van der Waals surface area contributed by atoms with Gasteiger partial charge in [0, 0.05) is 44.3 Å². The summed E-state index contributed by atoms with van der Waals surface area (Å²) in [6.07, 6.45) is 5.63. The second-order valence-electron chi connectivity index (χ2n) is 24.0. The number of fused-ring (bicyclic) bond motifs is 10. The Hall–Kier alpha value is -7.33. The molecular weight excluding hydrogens is 1110 g/mol. The molecule has 0 atom stereocenters. The van der Waals surface area contributed by atoms with Crippen LogP contribution < -0.4 is 9.30 Å². The Balaban J connectivity index is 0.00000736. The molecule has 0 saturated heterocycles. The average molecular weight is 1180 g/mol. The number of ether oxygens (including phenoxy) is 1. The number of hydrogen-bond acceptors (Lipinski definition) is 2. The van der Waals surface area contributed by atoms with Gasteiger partial charge in [-0.1, -0.05) is 198 Å². The van der Waals surface area contributed by atoms with Gasteiger partial charge in [-0.15, -0.1) is 29.7 Å². The molecule has 4 heterocycles. The quantitative estimate of drug-likeness (QED) is 0.127. The van der Waals surface area contributed by atoms with Crippen molar-refractivity contribution >= 4 is 32.8 Å². The van der Waals surface area contributed by atoms with E-state index in [0.29, 0.717) is 45.0 Å². The first kappa shape index (κ1) is 41.9. The summed E-state index contributed by atoms with van der Waals surface area (Å²) in [5, 5.41) is 2.05. The minimum atomic E-state index is -0.523. The molecule has 12 rings (SSSR count). The summed E-state index contributed by atoms with van der Waals surface area (Å²) < 4.78 is 89.2. The molecule has 8 aromatic carbocycles. The molecule has 5 nitrogen and oxygen atoms in total. The number of para-hydroxylation sites is 1. The molecule has 0 radical (unpaired) electrons. The van der Waals surface area contributed by atoms with Crippen LogP contribution >= 0.6 is 0 Å². The van der Waals surface area contributed by atoms with Crippen molar-refractivity contribution in [3.05, 3.63) is 211 Å². The van der Waals surface area contributed by atoms with Crippen molar-refractivity contribution in [2.24, 2.45) is 0 Å². The predicted molar refractivity (Wildman–Crippen MR) is 310 cm³/mol. The van der Waals surface area contributed by atoms with E-state index in [1.165, 1.54) is 0 Å². The summed E-state index contributed by atoms with van der Waals surface area (Å²) in [5.74, 6) is 1.62. The van der Waals surface area contributed by atoms with Gasteiger partial charge in [-0.2, -0.15) is 18.2 Å². The van der Waals surface area contributed by atoms with Gasteiger partial charge < -0.3 is 13.9 Å². The molecule has 382 valence electrons. The van der Waals surface area contributed by atoms with Crippen molar-refractivity contribution in [1.82, 2.24) is 14.1 Å². The van der Waals surface area contributed by atoms with Crippen molar-refractivity contribution in [3.63, 3.8) is 0 Å². The molecule has 0 amide bonds. The number of imidazole rings is 1. The van der Waals surface area contributed by atoms with Gasteiger partial charge >= 0.3 is 0 Å². The van der Waals surface area contributed by atoms with Gasteiger partial charge in [0.15, 0.2) is 0 Å². The molecular formula is C70H64N4OPt-2. The van der Waals surface area contributed by atoms with Crippen LogP contribution in [0.3, 0.4) is 0 Å². The van der Waals surface area contributed by atoms with Crippen LogP contribution in [0.15, 0.2) is 170 Å². The van der Waals surface area contributed by atoms with Gasteiger partial charge in [0.1, 0.15) is 5.82 Å². The maximum Gasteiger partial charge on any atom is 0.268 e. The van der Waals surface area contributed by atoms with Gasteiger partial charge in [-0.25, -0.2) is 4.98 Å². The number of aromatic nitrogens is 4. The summed E-state index contributed by atoms with van der Waals surface area (Å²) >= 11 is 0. The van der Waals surface area contributed by atoms with E-state index in [9.17, 15) is 11.0 Å². The summed E-state index contributed by atoms with van der Waals surface area (Å²) in [5.41, 5.74) is 9.33. The number of rotatable bonds is 5. The minimum Gasteiger partial charge on any atom is -0.510 e. The Labute approximate surface area is 474 Å². The number of pyridine rings is 1. The van der Waals surface area contributed by atoms with E-state index < -0.39 is 47.1 Å². The summed E-state index contributed by atoms with van der Waals surface area (Å²) in [4.78, 5) is 4.87. The van der Waals surface area contributed by atoms with E-state index in [1.54, 1.807) is 0 Å². The first-order valence-electron chi connectivity index (χ1n) is 29.7. The van der Waals surface area contributed by atoms with E-state index in [-0.39, 0.29) is 66.2 Å². The van der Waals surface area contributed by atoms with E-state index in [2.05, 4.69) is 173 Å². The largest absolute Gasteiger partial charge is 0.510 e. The standard InChI is InChI=1S/C70H64N4O.Pt/c1-67(2,3)45-30-28-44(29-31-45)58-36-47(69(7,8)9)37-59-54-24-15-13-22-52(54)53-23-14-16-25-55(53)60-38-48(70(10,11)12)39-63-66(60)73(65(58)59)43-72(63)49-20-19-21-50(41-49)75-51-32-33-57-56-26-17-18-27-61(56)74(62(57)42-51)64-40-46(34-35-71-64)68(4,5)6;/h13-40H,1-12H3;/q-2;/i13D,14D,15D,16D,22D,23D,24D,25D;. The molecule has 0 unspecified atom stereocenters. The number of hydrogen-bond donors (Lipinski definition) is 0. The van der Waals surface area contributed by atoms with Crippen LogP contribution in [0.4, 0.5) is 0 Å². The van der Waals surface area contributed by atoms with Crippen molar-refractivity contribution in [1.29, 1.82) is 0 Å². The second kappa shape index (κ2) is 18.5. The number of benzene rings is 8. The van der Waals surface area contributed by atoms with Crippen LogP contribution in [-0.2, 0) is 42.7 Å². The molecule has 0 saturated carbocycles. The minimum absolute atomic E-state index is 0. The third-order valence-electron chi connectivity index (χ3n) is 14.7. The van der Waals surface area contributed by atoms with Gasteiger partial charge in [0.05, 0.1) is 27.7 Å². The van der Waals surface area contributed by atoms with Crippen molar-refractivity contribution in [2.75, 3.05) is 0 Å². The Morgan fingerprint density at radius 1 is 0.500 bits per heavy atom. The molecule has 0 spiro atoms. The monoisotopic (exact) mass is 1180 g/mol. The van der Waals surface area contributed by atoms with Crippen molar-refractivity contribution in [2.45, 2.75) is 105 Å². The smallest absolute Gasteiger partial charge is 0.268 e. The Morgan fingerprint density at radius 3 is 1.74 bits per heavy atom. The first-order chi connectivity index (χ1) is 39.0. The van der Waals surface area contributed by atoms with Gasteiger partial charge in [-0.05, 0) is 124 Å². The molecule has 6 heteroatoms. The maximum absolute atomic E-state index is 9.95. The molecule has 11 aromatic rings. The average Bonchev–Trinajstić information content (AvgIpc) is 1.77. The van der Waals surface area contributed by atoms with Crippen LogP contribution in [0.2, 0.25) is 0 Å². The summed E-state index contributed by atoms with van der Waals surface area (Å²) in [6, 6.07) is 42.3. The van der Waals surface area contributed by atoms with E-state index in [0.717, 1.165) is 61.0 Å². The van der Waals surface area contributed by atoms with E-state index in [1.807, 2.05) is 63.9 Å². The molecule has 0 aliphatic carbocycles. The van der Waals surface area contributed by atoms with Crippen LogP contribution in [0.25, 0.3) is 94.5 Å². The van der Waals surface area contributed by atoms with Gasteiger partial charge in [0.2, 0.25) is 0 Å². The van der Waals surface area contributed by atoms with Crippen LogP contribution in [-0.4, -0.2) is 14.1 Å². The summed E-state index contributed by atoms with van der Waals surface area (Å²) in [6.45, 7) is 25.6. The molecule has 0 N–H and O–H groups in total. The molecule has 76 heavy (non-hydrogen) atoms. The third kappa shape index (κ3) is 8.81. The van der Waals surface area contributed by atoms with Crippen molar-refractivity contribution < 1.29 is 41.3 Å². The van der Waals surface area contributed by atoms with E-state index >= 15 is 0 Å². The molecule has 0 bridgehead atoms. The topological polar surface area (TPSA) is 35.9 Å². The third-order valence-corrected chi connectivity index (χ3v) is 14.7. The van der Waals surface area contributed by atoms with Crippen LogP contribution in [0.5, 0.6) is 11.5 Å². The zero-order chi connectivity index (χ0) is 59.3. The zero-order valence-corrected chi connectivity index (χ0v) is 47.3. The fraction of sp³-hybridized carbons (Fsp3) is 0.229. The fourth-order valence-electron chi connectivity index (χ4n) is 10.4. The fourth-order valence-corrected chi connectivity index (χ4v) is 10.4. The predicted octanol–water partition coefficient (Wildman–Crippen LogP) is 17.8. The van der Waals surface area contributed by atoms with Gasteiger partial charge in [0.25, 0.3) is 6.33 Å². The molecule has 1 aliphatic heterocycles. The van der Waals surface area contributed by atoms with E-state index in [4.69, 9.17) is 9.72 Å². The molecule has 1 aliphatic rings. The second-order valence-corrected chi connectivity index (χ2v) is 24.0. The van der Waals surface area contributed by atoms with Gasteiger partial charge in [-0.3, -0.25) is 4.57 Å². The maximum atomic E-state index is 9.95. The normalized spacial score (nSPS) is 14.1. The Bertz CT molecular complexity index is 4550.